The first-order chi connectivity index (χ1) is 8.48. The van der Waals surface area contributed by atoms with Crippen molar-refractivity contribution in [2.45, 2.75) is 52.5 Å². The molecule has 3 heteroatoms. The van der Waals surface area contributed by atoms with Crippen LogP contribution in [0, 0.1) is 11.3 Å². The summed E-state index contributed by atoms with van der Waals surface area (Å²) in [5, 5.41) is 3.15. The molecule has 1 amide bonds. The summed E-state index contributed by atoms with van der Waals surface area (Å²) in [6.07, 6.45) is 6.29. The van der Waals surface area contributed by atoms with Crippen LogP contribution in [0.5, 0.6) is 0 Å². The molecule has 0 radical (unpaired) electrons. The number of rotatable bonds is 2. The molecule has 1 aliphatic carbocycles. The average molecular weight is 249 g/mol. The molecule has 1 aromatic rings. The van der Waals surface area contributed by atoms with E-state index in [1.54, 1.807) is 12.1 Å². The molecule has 100 valence electrons. The van der Waals surface area contributed by atoms with Crippen LogP contribution < -0.4 is 5.32 Å². The Balaban J connectivity index is 2.04. The maximum absolute atomic E-state index is 12.0. The van der Waals surface area contributed by atoms with Crippen LogP contribution in [0.15, 0.2) is 22.8 Å². The SMILES string of the molecule is CC(C)(C)[C@@H]1CCCC[C@H]1NC(=O)c1ccco1. The van der Waals surface area contributed by atoms with E-state index in [-0.39, 0.29) is 17.4 Å². The van der Waals surface area contributed by atoms with Gasteiger partial charge in [-0.05, 0) is 36.3 Å². The van der Waals surface area contributed by atoms with Gasteiger partial charge in [-0.1, -0.05) is 33.6 Å². The van der Waals surface area contributed by atoms with E-state index in [1.165, 1.54) is 25.5 Å². The van der Waals surface area contributed by atoms with E-state index in [0.29, 0.717) is 11.7 Å². The molecule has 0 aromatic carbocycles. The minimum absolute atomic E-state index is 0.0823. The number of amides is 1. The first kappa shape index (κ1) is 13.2. The summed E-state index contributed by atoms with van der Waals surface area (Å²) in [7, 11) is 0. The Hall–Kier alpha value is -1.25. The summed E-state index contributed by atoms with van der Waals surface area (Å²) >= 11 is 0. The molecule has 0 saturated heterocycles. The van der Waals surface area contributed by atoms with Crippen molar-refractivity contribution in [1.29, 1.82) is 0 Å². The maximum atomic E-state index is 12.0. The molecule has 1 saturated carbocycles. The smallest absolute Gasteiger partial charge is 0.287 e. The van der Waals surface area contributed by atoms with Crippen molar-refractivity contribution in [1.82, 2.24) is 5.32 Å². The van der Waals surface area contributed by atoms with Crippen LogP contribution in [-0.4, -0.2) is 11.9 Å². The van der Waals surface area contributed by atoms with Crippen LogP contribution in [0.2, 0.25) is 0 Å². The van der Waals surface area contributed by atoms with Crippen LogP contribution in [0.25, 0.3) is 0 Å². The standard InChI is InChI=1S/C15H23NO2/c1-15(2,3)11-7-4-5-8-12(11)16-14(17)13-9-6-10-18-13/h6,9-12H,4-5,7-8H2,1-3H3,(H,16,17)/t11-,12-/m1/s1. The molecule has 1 N–H and O–H groups in total. The van der Waals surface area contributed by atoms with Crippen LogP contribution >= 0.6 is 0 Å². The van der Waals surface area contributed by atoms with Crippen molar-refractivity contribution in [2.75, 3.05) is 0 Å². The number of furan rings is 1. The van der Waals surface area contributed by atoms with E-state index < -0.39 is 0 Å². The zero-order chi connectivity index (χ0) is 13.2. The summed E-state index contributed by atoms with van der Waals surface area (Å²) in [5.74, 6) is 0.875. The minimum atomic E-state index is -0.0823. The Kier molecular flexibility index (Phi) is 3.79. The van der Waals surface area contributed by atoms with Crippen LogP contribution in [0.4, 0.5) is 0 Å². The molecule has 0 unspecified atom stereocenters. The zero-order valence-corrected chi connectivity index (χ0v) is 11.5. The minimum Gasteiger partial charge on any atom is -0.459 e. The van der Waals surface area contributed by atoms with E-state index in [2.05, 4.69) is 26.1 Å². The molecular weight excluding hydrogens is 226 g/mol. The monoisotopic (exact) mass is 249 g/mol. The molecule has 3 nitrogen and oxygen atoms in total. The van der Waals surface area contributed by atoms with Gasteiger partial charge in [-0.2, -0.15) is 0 Å². The number of carbonyl (C=O) groups is 1. The summed E-state index contributed by atoms with van der Waals surface area (Å²) < 4.78 is 5.15. The fourth-order valence-electron chi connectivity index (χ4n) is 2.99. The van der Waals surface area contributed by atoms with Gasteiger partial charge in [0.1, 0.15) is 0 Å². The number of hydrogen-bond donors (Lipinski definition) is 1. The van der Waals surface area contributed by atoms with E-state index in [4.69, 9.17) is 4.42 Å². The van der Waals surface area contributed by atoms with E-state index in [9.17, 15) is 4.79 Å². The molecule has 0 aliphatic heterocycles. The van der Waals surface area contributed by atoms with Gasteiger partial charge in [-0.15, -0.1) is 0 Å². The first-order valence-corrected chi connectivity index (χ1v) is 6.83. The zero-order valence-electron chi connectivity index (χ0n) is 11.5. The second kappa shape index (κ2) is 5.17. The predicted molar refractivity (Wildman–Crippen MR) is 71.4 cm³/mol. The molecule has 2 rings (SSSR count). The molecule has 1 aliphatic rings. The Morgan fingerprint density at radius 2 is 2.06 bits per heavy atom. The van der Waals surface area contributed by atoms with E-state index in [1.807, 2.05) is 0 Å². The van der Waals surface area contributed by atoms with Crippen molar-refractivity contribution >= 4 is 5.91 Å². The van der Waals surface area contributed by atoms with E-state index >= 15 is 0 Å². The summed E-state index contributed by atoms with van der Waals surface area (Å²) in [4.78, 5) is 12.0. The largest absolute Gasteiger partial charge is 0.459 e. The van der Waals surface area contributed by atoms with Crippen molar-refractivity contribution in [3.8, 4) is 0 Å². The number of hydrogen-bond acceptors (Lipinski definition) is 2. The second-order valence-corrected chi connectivity index (χ2v) is 6.31. The van der Waals surface area contributed by atoms with Crippen molar-refractivity contribution in [3.63, 3.8) is 0 Å². The Bertz CT molecular complexity index is 389. The first-order valence-electron chi connectivity index (χ1n) is 6.83. The molecular formula is C15H23NO2. The van der Waals surface area contributed by atoms with Crippen LogP contribution in [0.1, 0.15) is 57.0 Å². The highest BCUT2D eigenvalue weighted by molar-refractivity contribution is 5.91. The number of carbonyl (C=O) groups excluding carboxylic acids is 1. The summed E-state index contributed by atoms with van der Waals surface area (Å²) in [6, 6.07) is 3.73. The van der Waals surface area contributed by atoms with Gasteiger partial charge in [-0.25, -0.2) is 0 Å². The lowest BCUT2D eigenvalue weighted by atomic mass is 9.69. The van der Waals surface area contributed by atoms with Gasteiger partial charge >= 0.3 is 0 Å². The maximum Gasteiger partial charge on any atom is 0.287 e. The van der Waals surface area contributed by atoms with Gasteiger partial charge in [0.05, 0.1) is 6.26 Å². The third kappa shape index (κ3) is 2.95. The van der Waals surface area contributed by atoms with Crippen LogP contribution in [0.3, 0.4) is 0 Å². The molecule has 0 spiro atoms. The van der Waals surface area contributed by atoms with Crippen molar-refractivity contribution in [2.24, 2.45) is 11.3 Å². The summed E-state index contributed by atoms with van der Waals surface area (Å²) in [5.41, 5.74) is 0.238. The molecule has 1 heterocycles. The molecule has 18 heavy (non-hydrogen) atoms. The highest BCUT2D eigenvalue weighted by atomic mass is 16.3. The molecule has 1 aromatic heterocycles. The summed E-state index contributed by atoms with van der Waals surface area (Å²) in [6.45, 7) is 6.78. The Morgan fingerprint density at radius 1 is 1.33 bits per heavy atom. The predicted octanol–water partition coefficient (Wildman–Crippen LogP) is 3.61. The molecule has 1 fully saturated rings. The quantitative estimate of drug-likeness (QED) is 0.870. The Morgan fingerprint density at radius 3 is 2.67 bits per heavy atom. The fraction of sp³-hybridized carbons (Fsp3) is 0.667. The third-order valence-corrected chi connectivity index (χ3v) is 3.94. The van der Waals surface area contributed by atoms with Gasteiger partial charge in [-0.3, -0.25) is 4.79 Å². The second-order valence-electron chi connectivity index (χ2n) is 6.31. The van der Waals surface area contributed by atoms with Crippen molar-refractivity contribution in [3.05, 3.63) is 24.2 Å². The lowest BCUT2D eigenvalue weighted by Gasteiger charge is -2.40. The van der Waals surface area contributed by atoms with Gasteiger partial charge < -0.3 is 9.73 Å². The van der Waals surface area contributed by atoms with Crippen LogP contribution in [-0.2, 0) is 0 Å². The number of nitrogens with one attached hydrogen (secondary N) is 1. The van der Waals surface area contributed by atoms with Gasteiger partial charge in [0.15, 0.2) is 5.76 Å². The van der Waals surface area contributed by atoms with Gasteiger partial charge in [0.2, 0.25) is 0 Å². The Labute approximate surface area is 109 Å². The van der Waals surface area contributed by atoms with E-state index in [0.717, 1.165) is 6.42 Å². The lowest BCUT2D eigenvalue weighted by Crippen LogP contribution is -2.46. The molecule has 0 bridgehead atoms. The molecule has 2 atom stereocenters. The normalized spacial score (nSPS) is 24.8. The highest BCUT2D eigenvalue weighted by Gasteiger charge is 2.35. The average Bonchev–Trinajstić information content (AvgIpc) is 2.81. The van der Waals surface area contributed by atoms with Gasteiger partial charge in [0.25, 0.3) is 5.91 Å². The highest BCUT2D eigenvalue weighted by Crippen LogP contribution is 2.38. The van der Waals surface area contributed by atoms with Gasteiger partial charge in [0, 0.05) is 6.04 Å². The fourth-order valence-corrected chi connectivity index (χ4v) is 2.99. The lowest BCUT2D eigenvalue weighted by molar-refractivity contribution is 0.0804. The topological polar surface area (TPSA) is 42.2 Å². The third-order valence-electron chi connectivity index (χ3n) is 3.94. The van der Waals surface area contributed by atoms with Crippen molar-refractivity contribution < 1.29 is 9.21 Å².